The van der Waals surface area contributed by atoms with Crippen molar-refractivity contribution in [2.75, 3.05) is 16.6 Å². The topological polar surface area (TPSA) is 71.1 Å². The minimum absolute atomic E-state index is 0.249. The highest BCUT2D eigenvalue weighted by Gasteiger charge is 2.15. The summed E-state index contributed by atoms with van der Waals surface area (Å²) in [5.41, 5.74) is 0.968. The fourth-order valence-electron chi connectivity index (χ4n) is 3.21. The number of sulfonamides is 1. The van der Waals surface area contributed by atoms with Gasteiger partial charge in [-0.1, -0.05) is 32.1 Å². The molecule has 0 saturated heterocycles. The van der Waals surface area contributed by atoms with E-state index in [0.717, 1.165) is 18.2 Å². The lowest BCUT2D eigenvalue weighted by atomic mass is 9.91. The zero-order valence-corrected chi connectivity index (χ0v) is 15.9. The van der Waals surface area contributed by atoms with Crippen LogP contribution in [-0.2, 0) is 10.0 Å². The van der Waals surface area contributed by atoms with Crippen molar-refractivity contribution in [3.05, 3.63) is 35.8 Å². The van der Waals surface area contributed by atoms with E-state index in [1.165, 1.54) is 56.3 Å². The van der Waals surface area contributed by atoms with Gasteiger partial charge in [-0.3, -0.25) is 4.72 Å². The maximum absolute atomic E-state index is 12.3. The van der Waals surface area contributed by atoms with Crippen LogP contribution in [0, 0.1) is 5.92 Å². The van der Waals surface area contributed by atoms with E-state index in [0.29, 0.717) is 5.13 Å². The summed E-state index contributed by atoms with van der Waals surface area (Å²) in [6.45, 7) is 0.962. The number of thiazole rings is 1. The molecular weight excluding hydrogens is 354 g/mol. The van der Waals surface area contributed by atoms with Crippen molar-refractivity contribution in [3.63, 3.8) is 0 Å². The molecule has 5 nitrogen and oxygen atoms in total. The van der Waals surface area contributed by atoms with Crippen LogP contribution in [0.1, 0.15) is 44.9 Å². The van der Waals surface area contributed by atoms with Crippen molar-refractivity contribution in [2.24, 2.45) is 5.92 Å². The smallest absolute Gasteiger partial charge is 0.263 e. The number of rotatable bonds is 6. The summed E-state index contributed by atoms with van der Waals surface area (Å²) in [6, 6.07) is 6.94. The summed E-state index contributed by atoms with van der Waals surface area (Å²) < 4.78 is 27.1. The molecule has 25 heavy (non-hydrogen) atoms. The Hall–Kier alpha value is -1.60. The highest BCUT2D eigenvalue weighted by molar-refractivity contribution is 7.93. The fraction of sp³-hybridized carbons (Fsp3) is 0.500. The lowest BCUT2D eigenvalue weighted by Crippen LogP contribution is -2.16. The normalized spacial score (nSPS) is 16.8. The Kier molecular flexibility index (Phi) is 6.31. The van der Waals surface area contributed by atoms with Gasteiger partial charge in [-0.15, -0.1) is 11.3 Å². The number of aromatic nitrogens is 1. The van der Waals surface area contributed by atoms with Crippen LogP contribution < -0.4 is 10.0 Å². The minimum atomic E-state index is -3.57. The summed E-state index contributed by atoms with van der Waals surface area (Å²) in [5, 5.41) is 5.58. The van der Waals surface area contributed by atoms with E-state index in [1.807, 2.05) is 12.1 Å². The van der Waals surface area contributed by atoms with Gasteiger partial charge in [0, 0.05) is 23.8 Å². The molecule has 1 aliphatic carbocycles. The quantitative estimate of drug-likeness (QED) is 0.762. The summed E-state index contributed by atoms with van der Waals surface area (Å²) in [7, 11) is -3.57. The Labute approximate surface area is 153 Å². The van der Waals surface area contributed by atoms with Gasteiger partial charge < -0.3 is 5.32 Å². The maximum atomic E-state index is 12.3. The molecule has 0 unspecified atom stereocenters. The monoisotopic (exact) mass is 379 g/mol. The zero-order valence-electron chi connectivity index (χ0n) is 14.3. The van der Waals surface area contributed by atoms with Crippen molar-refractivity contribution in [2.45, 2.75) is 49.8 Å². The minimum Gasteiger partial charge on any atom is -0.385 e. The Morgan fingerprint density at radius 2 is 1.72 bits per heavy atom. The predicted octanol–water partition coefficient (Wildman–Crippen LogP) is 4.72. The van der Waals surface area contributed by atoms with Crippen LogP contribution in [0.3, 0.4) is 0 Å². The molecule has 0 atom stereocenters. The molecule has 1 heterocycles. The molecule has 0 radical (unpaired) electrons. The van der Waals surface area contributed by atoms with Crippen LogP contribution in [0.4, 0.5) is 10.8 Å². The molecule has 1 aliphatic rings. The average molecular weight is 380 g/mol. The predicted molar refractivity (Wildman–Crippen MR) is 104 cm³/mol. The maximum Gasteiger partial charge on any atom is 0.263 e. The molecule has 2 N–H and O–H groups in total. The third kappa shape index (κ3) is 5.44. The molecule has 136 valence electrons. The van der Waals surface area contributed by atoms with E-state index in [2.05, 4.69) is 15.0 Å². The van der Waals surface area contributed by atoms with E-state index in [9.17, 15) is 8.42 Å². The number of anilines is 2. The van der Waals surface area contributed by atoms with Gasteiger partial charge in [-0.2, -0.15) is 0 Å². The van der Waals surface area contributed by atoms with Gasteiger partial charge in [0.05, 0.1) is 4.90 Å². The van der Waals surface area contributed by atoms with Gasteiger partial charge in [-0.25, -0.2) is 13.4 Å². The van der Waals surface area contributed by atoms with Crippen LogP contribution in [0.5, 0.6) is 0 Å². The average Bonchev–Trinajstić information content (AvgIpc) is 3.06. The second kappa shape index (κ2) is 8.67. The number of nitrogens with one attached hydrogen (secondary N) is 2. The Balaban J connectivity index is 1.56. The van der Waals surface area contributed by atoms with E-state index < -0.39 is 10.0 Å². The van der Waals surface area contributed by atoms with Gasteiger partial charge in [0.15, 0.2) is 5.13 Å². The highest BCUT2D eigenvalue weighted by Crippen LogP contribution is 2.23. The zero-order chi connectivity index (χ0) is 17.5. The Morgan fingerprint density at radius 1 is 1.04 bits per heavy atom. The molecule has 2 aromatic rings. The molecule has 0 bridgehead atoms. The molecule has 1 aromatic heterocycles. The lowest BCUT2D eigenvalue weighted by molar-refractivity contribution is 0.392. The molecule has 1 saturated carbocycles. The first-order chi connectivity index (χ1) is 12.1. The van der Waals surface area contributed by atoms with Crippen molar-refractivity contribution >= 4 is 32.2 Å². The van der Waals surface area contributed by atoms with Gasteiger partial charge in [0.2, 0.25) is 0 Å². The van der Waals surface area contributed by atoms with Crippen LogP contribution in [0.2, 0.25) is 0 Å². The number of benzene rings is 1. The SMILES string of the molecule is O=S(=O)(Nc1nccs1)c1ccc(NCC2CCCCCCC2)cc1. The standard InChI is InChI=1S/C18H25N3O2S2/c22-25(23,21-18-19-12-13-24-18)17-10-8-16(9-11-17)20-14-15-6-4-2-1-3-5-7-15/h8-13,15,20H,1-7,14H2,(H,19,21). The van der Waals surface area contributed by atoms with Gasteiger partial charge in [0.25, 0.3) is 10.0 Å². The van der Waals surface area contributed by atoms with Crippen molar-refractivity contribution < 1.29 is 8.42 Å². The molecule has 1 fully saturated rings. The largest absolute Gasteiger partial charge is 0.385 e. The first kappa shape index (κ1) is 18.2. The fourth-order valence-corrected chi connectivity index (χ4v) is 5.00. The van der Waals surface area contributed by atoms with Crippen LogP contribution >= 0.6 is 11.3 Å². The Morgan fingerprint density at radius 3 is 2.36 bits per heavy atom. The molecule has 1 aromatic carbocycles. The summed E-state index contributed by atoms with van der Waals surface area (Å²) in [4.78, 5) is 4.21. The lowest BCUT2D eigenvalue weighted by Gasteiger charge is -2.20. The summed E-state index contributed by atoms with van der Waals surface area (Å²) in [5.74, 6) is 0.718. The highest BCUT2D eigenvalue weighted by atomic mass is 32.2. The Bertz CT molecular complexity index is 735. The van der Waals surface area contributed by atoms with Crippen LogP contribution in [-0.4, -0.2) is 19.9 Å². The summed E-state index contributed by atoms with van der Waals surface area (Å²) >= 11 is 1.26. The van der Waals surface area contributed by atoms with E-state index in [4.69, 9.17) is 0 Å². The molecule has 3 rings (SSSR count). The van der Waals surface area contributed by atoms with E-state index >= 15 is 0 Å². The van der Waals surface area contributed by atoms with Crippen molar-refractivity contribution in [1.82, 2.24) is 4.98 Å². The van der Waals surface area contributed by atoms with E-state index in [-0.39, 0.29) is 4.90 Å². The second-order valence-corrected chi connectivity index (χ2v) is 9.14. The first-order valence-corrected chi connectivity index (χ1v) is 11.3. The third-order valence-electron chi connectivity index (χ3n) is 4.64. The summed E-state index contributed by atoms with van der Waals surface area (Å²) in [6.07, 6.45) is 10.9. The molecule has 0 aliphatic heterocycles. The van der Waals surface area contributed by atoms with Crippen molar-refractivity contribution in [1.29, 1.82) is 0 Å². The van der Waals surface area contributed by atoms with Crippen LogP contribution in [0.25, 0.3) is 0 Å². The van der Waals surface area contributed by atoms with Crippen LogP contribution in [0.15, 0.2) is 40.7 Å². The van der Waals surface area contributed by atoms with Gasteiger partial charge >= 0.3 is 0 Å². The first-order valence-electron chi connectivity index (χ1n) is 8.90. The van der Waals surface area contributed by atoms with Crippen molar-refractivity contribution in [3.8, 4) is 0 Å². The molecule has 0 amide bonds. The molecule has 0 spiro atoms. The number of nitrogens with zero attached hydrogens (tertiary/aromatic N) is 1. The van der Waals surface area contributed by atoms with Gasteiger partial charge in [0.1, 0.15) is 0 Å². The van der Waals surface area contributed by atoms with E-state index in [1.54, 1.807) is 23.7 Å². The number of hydrogen-bond acceptors (Lipinski definition) is 5. The molecular formula is C18H25N3O2S2. The number of hydrogen-bond donors (Lipinski definition) is 2. The molecule has 7 heteroatoms. The second-order valence-electron chi connectivity index (χ2n) is 6.56. The third-order valence-corrected chi connectivity index (χ3v) is 6.81. The van der Waals surface area contributed by atoms with Gasteiger partial charge in [-0.05, 0) is 43.0 Å².